The van der Waals surface area contributed by atoms with Gasteiger partial charge in [0.2, 0.25) is 0 Å². The van der Waals surface area contributed by atoms with Crippen molar-refractivity contribution in [1.82, 2.24) is 10.6 Å². The van der Waals surface area contributed by atoms with Crippen molar-refractivity contribution < 1.29 is 14.4 Å². The van der Waals surface area contributed by atoms with E-state index in [1.807, 2.05) is 6.07 Å². The lowest BCUT2D eigenvalue weighted by atomic mass is 10.1. The molecule has 1 unspecified atom stereocenters. The Morgan fingerprint density at radius 1 is 1.00 bits per heavy atom. The van der Waals surface area contributed by atoms with Crippen LogP contribution in [-0.4, -0.2) is 23.4 Å². The van der Waals surface area contributed by atoms with Crippen molar-refractivity contribution in [2.75, 3.05) is 0 Å². The molecule has 148 valence electrons. The van der Waals surface area contributed by atoms with E-state index in [4.69, 9.17) is 11.1 Å². The van der Waals surface area contributed by atoms with Crippen molar-refractivity contribution in [1.29, 1.82) is 5.41 Å². The van der Waals surface area contributed by atoms with E-state index in [2.05, 4.69) is 10.6 Å². The number of carbonyl (C=O) groups is 3. The first kappa shape index (κ1) is 20.0. The molecule has 0 heterocycles. The van der Waals surface area contributed by atoms with E-state index in [9.17, 15) is 14.4 Å². The largest absolute Gasteiger partial charge is 0.394 e. The number of hydrogen-bond donors (Lipinski definition) is 4. The van der Waals surface area contributed by atoms with Gasteiger partial charge in [-0.1, -0.05) is 60.7 Å². The average Bonchev–Trinajstić information content (AvgIpc) is 3.58. The SMILES string of the molecule is N=C(NC(=O)C(NC(=O)C(N)=CC(=O)C1CC1)c1ccccc1)c1ccccc1. The standard InChI is InChI=1S/C22H22N4O3/c23-17(13-18(27)14-11-12-14)21(28)25-19(15-7-3-1-4-8-15)22(29)26-20(24)16-9-5-2-6-10-16/h1-10,13-14,19H,11-12,23H2,(H,25,28)(H2,24,26,29). The van der Waals surface area contributed by atoms with Gasteiger partial charge in [-0.05, 0) is 18.4 Å². The number of nitrogens with two attached hydrogens (primary N) is 1. The van der Waals surface area contributed by atoms with Crippen LogP contribution < -0.4 is 16.4 Å². The highest BCUT2D eigenvalue weighted by Gasteiger charge is 2.29. The lowest BCUT2D eigenvalue weighted by molar-refractivity contribution is -0.126. The molecule has 0 spiro atoms. The van der Waals surface area contributed by atoms with E-state index >= 15 is 0 Å². The fraction of sp³-hybridized carbons (Fsp3) is 0.182. The summed E-state index contributed by atoms with van der Waals surface area (Å²) in [6.45, 7) is 0. The van der Waals surface area contributed by atoms with Gasteiger partial charge in [0.1, 0.15) is 17.6 Å². The van der Waals surface area contributed by atoms with Crippen LogP contribution in [0, 0.1) is 11.3 Å². The molecule has 0 aliphatic heterocycles. The molecule has 7 heteroatoms. The maximum Gasteiger partial charge on any atom is 0.268 e. The zero-order valence-electron chi connectivity index (χ0n) is 15.7. The Balaban J connectivity index is 1.76. The van der Waals surface area contributed by atoms with Gasteiger partial charge < -0.3 is 16.4 Å². The molecule has 2 amide bonds. The van der Waals surface area contributed by atoms with E-state index in [1.54, 1.807) is 54.6 Å². The number of amides is 2. The summed E-state index contributed by atoms with van der Waals surface area (Å²) >= 11 is 0. The predicted octanol–water partition coefficient (Wildman–Crippen LogP) is 1.81. The fourth-order valence-electron chi connectivity index (χ4n) is 2.74. The second-order valence-electron chi connectivity index (χ2n) is 6.82. The highest BCUT2D eigenvalue weighted by Crippen LogP contribution is 2.30. The number of hydrogen-bond acceptors (Lipinski definition) is 5. The molecule has 1 atom stereocenters. The van der Waals surface area contributed by atoms with E-state index in [-0.39, 0.29) is 23.2 Å². The third-order valence-electron chi connectivity index (χ3n) is 4.52. The van der Waals surface area contributed by atoms with Gasteiger partial charge in [-0.3, -0.25) is 19.8 Å². The molecule has 5 N–H and O–H groups in total. The van der Waals surface area contributed by atoms with Crippen molar-refractivity contribution in [2.24, 2.45) is 11.7 Å². The van der Waals surface area contributed by atoms with Gasteiger partial charge in [-0.25, -0.2) is 0 Å². The number of rotatable bonds is 7. The number of amidine groups is 1. The number of ketones is 1. The zero-order chi connectivity index (χ0) is 20.8. The average molecular weight is 390 g/mol. The van der Waals surface area contributed by atoms with E-state index < -0.39 is 17.9 Å². The van der Waals surface area contributed by atoms with Gasteiger partial charge in [-0.2, -0.15) is 0 Å². The third-order valence-corrected chi connectivity index (χ3v) is 4.52. The summed E-state index contributed by atoms with van der Waals surface area (Å²) in [5, 5.41) is 13.2. The minimum absolute atomic E-state index is 0.0547. The van der Waals surface area contributed by atoms with Crippen LogP contribution in [0.5, 0.6) is 0 Å². The van der Waals surface area contributed by atoms with Crippen LogP contribution in [0.2, 0.25) is 0 Å². The van der Waals surface area contributed by atoms with Crippen molar-refractivity contribution >= 4 is 23.4 Å². The lowest BCUT2D eigenvalue weighted by Crippen LogP contribution is -2.44. The summed E-state index contributed by atoms with van der Waals surface area (Å²) in [6, 6.07) is 16.3. The maximum atomic E-state index is 12.8. The summed E-state index contributed by atoms with van der Waals surface area (Å²) in [6.07, 6.45) is 2.74. The fourth-order valence-corrected chi connectivity index (χ4v) is 2.74. The zero-order valence-corrected chi connectivity index (χ0v) is 15.7. The molecule has 0 saturated heterocycles. The van der Waals surface area contributed by atoms with Gasteiger partial charge in [-0.15, -0.1) is 0 Å². The maximum absolute atomic E-state index is 12.8. The Hall–Kier alpha value is -3.74. The number of nitrogens with one attached hydrogen (secondary N) is 3. The molecule has 0 bridgehead atoms. The molecule has 3 rings (SSSR count). The van der Waals surface area contributed by atoms with Crippen LogP contribution in [0.25, 0.3) is 0 Å². The molecule has 1 fully saturated rings. The summed E-state index contributed by atoms with van der Waals surface area (Å²) in [4.78, 5) is 37.2. The van der Waals surface area contributed by atoms with Crippen LogP contribution in [0.15, 0.2) is 72.4 Å². The number of carbonyl (C=O) groups excluding carboxylic acids is 3. The Morgan fingerprint density at radius 3 is 2.17 bits per heavy atom. The van der Waals surface area contributed by atoms with Gasteiger partial charge in [0, 0.05) is 17.6 Å². The third kappa shape index (κ3) is 5.38. The monoisotopic (exact) mass is 390 g/mol. The van der Waals surface area contributed by atoms with Crippen LogP contribution in [0.3, 0.4) is 0 Å². The minimum Gasteiger partial charge on any atom is -0.394 e. The summed E-state index contributed by atoms with van der Waals surface area (Å²) in [7, 11) is 0. The molecule has 1 saturated carbocycles. The van der Waals surface area contributed by atoms with Crippen LogP contribution in [0.4, 0.5) is 0 Å². The first-order chi connectivity index (χ1) is 14.0. The second kappa shape index (κ2) is 8.97. The summed E-state index contributed by atoms with van der Waals surface area (Å²) in [5.41, 5.74) is 6.58. The van der Waals surface area contributed by atoms with E-state index in [1.165, 1.54) is 0 Å². The molecule has 1 aliphatic carbocycles. The highest BCUT2D eigenvalue weighted by molar-refractivity contribution is 6.09. The molecule has 29 heavy (non-hydrogen) atoms. The first-order valence-corrected chi connectivity index (χ1v) is 9.27. The molecule has 7 nitrogen and oxygen atoms in total. The van der Waals surface area contributed by atoms with E-state index in [0.29, 0.717) is 11.1 Å². The van der Waals surface area contributed by atoms with E-state index in [0.717, 1.165) is 18.9 Å². The van der Waals surface area contributed by atoms with Crippen molar-refractivity contribution in [2.45, 2.75) is 18.9 Å². The summed E-state index contributed by atoms with van der Waals surface area (Å²) < 4.78 is 0. The van der Waals surface area contributed by atoms with Crippen LogP contribution in [0.1, 0.15) is 30.0 Å². The molecule has 0 aromatic heterocycles. The highest BCUT2D eigenvalue weighted by atomic mass is 16.2. The van der Waals surface area contributed by atoms with Crippen molar-refractivity contribution in [3.8, 4) is 0 Å². The lowest BCUT2D eigenvalue weighted by Gasteiger charge is -2.19. The Labute approximate surface area is 168 Å². The molecule has 1 aliphatic rings. The van der Waals surface area contributed by atoms with Gasteiger partial charge in [0.15, 0.2) is 5.78 Å². The molecule has 0 radical (unpaired) electrons. The Kier molecular flexibility index (Phi) is 6.19. The number of allylic oxidation sites excluding steroid dienone is 1. The molecular formula is C22H22N4O3. The topological polar surface area (TPSA) is 125 Å². The molecule has 2 aromatic rings. The Bertz CT molecular complexity index is 951. The normalized spacial score (nSPS) is 14.6. The second-order valence-corrected chi connectivity index (χ2v) is 6.82. The smallest absolute Gasteiger partial charge is 0.268 e. The van der Waals surface area contributed by atoms with Crippen LogP contribution >= 0.6 is 0 Å². The molecular weight excluding hydrogens is 368 g/mol. The van der Waals surface area contributed by atoms with Gasteiger partial charge >= 0.3 is 0 Å². The van der Waals surface area contributed by atoms with Crippen molar-refractivity contribution in [3.05, 3.63) is 83.6 Å². The van der Waals surface area contributed by atoms with Crippen LogP contribution in [-0.2, 0) is 14.4 Å². The molecule has 2 aromatic carbocycles. The number of benzene rings is 2. The Morgan fingerprint density at radius 2 is 1.59 bits per heavy atom. The quantitative estimate of drug-likeness (QED) is 0.327. The summed E-state index contributed by atoms with van der Waals surface area (Å²) in [5.74, 6) is -1.61. The first-order valence-electron chi connectivity index (χ1n) is 9.27. The predicted molar refractivity (Wildman–Crippen MR) is 109 cm³/mol. The van der Waals surface area contributed by atoms with Gasteiger partial charge in [0.05, 0.1) is 0 Å². The minimum atomic E-state index is -1.07. The van der Waals surface area contributed by atoms with Crippen molar-refractivity contribution in [3.63, 3.8) is 0 Å². The van der Waals surface area contributed by atoms with Gasteiger partial charge in [0.25, 0.3) is 11.8 Å².